The summed E-state index contributed by atoms with van der Waals surface area (Å²) in [6.07, 6.45) is 3.45. The van der Waals surface area contributed by atoms with E-state index in [1.54, 1.807) is 43.5 Å². The van der Waals surface area contributed by atoms with Crippen LogP contribution in [-0.4, -0.2) is 96.4 Å². The standard InChI is InChI=1S/C38H47Cl2N3O9/c1-25-17-32(39)35(33(40)18-25)52-14-12-41-10-8-28(22-34(41)44)38(48)9-11-42(37(46)47)24-31(38)36(45)43(29-6-7-29)23-27-19-26(5-4-13-49-2)20-30(21-27)51-16-15-50-3/h8,10,17-22,29,31,48H,4-7,9,11-16,23-24H2,1-3H3,(H,46,47)/t31-,38-/m1/s1. The first-order valence-corrected chi connectivity index (χ1v) is 18.2. The van der Waals surface area contributed by atoms with Crippen LogP contribution in [0.1, 0.15) is 47.9 Å². The highest BCUT2D eigenvalue weighted by Gasteiger charge is 2.51. The van der Waals surface area contributed by atoms with Crippen molar-refractivity contribution >= 4 is 35.2 Å². The molecule has 1 saturated carbocycles. The van der Waals surface area contributed by atoms with Gasteiger partial charge in [0.05, 0.1) is 29.1 Å². The van der Waals surface area contributed by atoms with Gasteiger partial charge in [-0.15, -0.1) is 0 Å². The number of pyridine rings is 1. The highest BCUT2D eigenvalue weighted by Crippen LogP contribution is 2.41. The van der Waals surface area contributed by atoms with Crippen LogP contribution in [0.4, 0.5) is 4.79 Å². The number of piperidine rings is 1. The number of rotatable bonds is 17. The first-order chi connectivity index (χ1) is 24.9. The fourth-order valence-corrected chi connectivity index (χ4v) is 7.36. The first kappa shape index (κ1) is 39.4. The van der Waals surface area contributed by atoms with Crippen LogP contribution in [0, 0.1) is 12.8 Å². The normalized spacial score (nSPS) is 18.7. The van der Waals surface area contributed by atoms with Crippen LogP contribution in [-0.2, 0) is 39.4 Å². The van der Waals surface area contributed by atoms with Crippen molar-refractivity contribution in [2.75, 3.05) is 53.7 Å². The number of aliphatic hydroxyl groups is 1. The van der Waals surface area contributed by atoms with Crippen molar-refractivity contribution in [3.8, 4) is 11.5 Å². The quantitative estimate of drug-likeness (QED) is 0.170. The van der Waals surface area contributed by atoms with Crippen LogP contribution in [0.15, 0.2) is 53.5 Å². The Balaban J connectivity index is 1.38. The Kier molecular flexibility index (Phi) is 13.5. The topological polar surface area (TPSA) is 140 Å². The van der Waals surface area contributed by atoms with Crippen molar-refractivity contribution in [3.05, 3.63) is 91.3 Å². The number of nitrogens with zero attached hydrogens (tertiary/aromatic N) is 3. The van der Waals surface area contributed by atoms with Gasteiger partial charge in [-0.3, -0.25) is 9.59 Å². The summed E-state index contributed by atoms with van der Waals surface area (Å²) < 4.78 is 23.6. The Morgan fingerprint density at radius 1 is 0.962 bits per heavy atom. The number of amides is 2. The third-order valence-electron chi connectivity index (χ3n) is 9.55. The molecule has 2 aliphatic rings. The van der Waals surface area contributed by atoms with Gasteiger partial charge in [-0.1, -0.05) is 29.3 Å². The van der Waals surface area contributed by atoms with Gasteiger partial charge >= 0.3 is 6.09 Å². The van der Waals surface area contributed by atoms with Gasteiger partial charge in [-0.25, -0.2) is 4.79 Å². The van der Waals surface area contributed by atoms with E-state index in [9.17, 15) is 24.6 Å². The van der Waals surface area contributed by atoms with Gasteiger partial charge in [-0.05, 0) is 91.6 Å². The Hall–Kier alpha value is -3.81. The van der Waals surface area contributed by atoms with Gasteiger partial charge < -0.3 is 43.5 Å². The average molecular weight is 761 g/mol. The van der Waals surface area contributed by atoms with E-state index in [-0.39, 0.29) is 56.7 Å². The molecule has 5 rings (SSSR count). The molecule has 0 radical (unpaired) electrons. The van der Waals surface area contributed by atoms with Gasteiger partial charge in [-0.2, -0.15) is 0 Å². The van der Waals surface area contributed by atoms with Gasteiger partial charge in [0, 0.05) is 58.8 Å². The molecule has 1 aliphatic carbocycles. The number of carboxylic acid groups (broad SMARTS) is 1. The van der Waals surface area contributed by atoms with E-state index in [2.05, 4.69) is 0 Å². The Morgan fingerprint density at radius 3 is 2.33 bits per heavy atom. The minimum atomic E-state index is -1.79. The van der Waals surface area contributed by atoms with E-state index in [1.807, 2.05) is 25.1 Å². The number of methoxy groups -OCH3 is 2. The monoisotopic (exact) mass is 759 g/mol. The predicted molar refractivity (Wildman–Crippen MR) is 197 cm³/mol. The number of carbonyl (C=O) groups excluding carboxylic acids is 1. The molecule has 2 amide bonds. The van der Waals surface area contributed by atoms with E-state index in [0.29, 0.717) is 41.4 Å². The summed E-state index contributed by atoms with van der Waals surface area (Å²) in [6.45, 7) is 3.56. The Morgan fingerprint density at radius 2 is 1.67 bits per heavy atom. The van der Waals surface area contributed by atoms with Crippen molar-refractivity contribution in [3.63, 3.8) is 0 Å². The summed E-state index contributed by atoms with van der Waals surface area (Å²) >= 11 is 12.6. The molecule has 0 bridgehead atoms. The molecule has 2 atom stereocenters. The lowest BCUT2D eigenvalue weighted by atomic mass is 9.75. The van der Waals surface area contributed by atoms with E-state index in [4.69, 9.17) is 42.1 Å². The molecule has 14 heteroatoms. The molecule has 1 aromatic heterocycles. The summed E-state index contributed by atoms with van der Waals surface area (Å²) in [4.78, 5) is 43.0. The molecule has 0 unspecified atom stereocenters. The van der Waals surface area contributed by atoms with Crippen molar-refractivity contribution < 1.29 is 38.7 Å². The van der Waals surface area contributed by atoms with Crippen molar-refractivity contribution in [2.24, 2.45) is 5.92 Å². The third kappa shape index (κ3) is 9.78. The van der Waals surface area contributed by atoms with E-state index < -0.39 is 23.2 Å². The Labute approximate surface area is 313 Å². The van der Waals surface area contributed by atoms with E-state index >= 15 is 0 Å². The number of halogens is 2. The molecular formula is C38H47Cl2N3O9. The van der Waals surface area contributed by atoms with E-state index in [1.165, 1.54) is 10.6 Å². The number of ether oxygens (including phenoxy) is 4. The number of aromatic nitrogens is 1. The molecule has 1 aliphatic heterocycles. The minimum absolute atomic E-state index is 0.000270. The second-order valence-corrected chi connectivity index (χ2v) is 14.2. The van der Waals surface area contributed by atoms with Gasteiger partial charge in [0.25, 0.3) is 5.56 Å². The third-order valence-corrected chi connectivity index (χ3v) is 10.1. The molecular weight excluding hydrogens is 713 g/mol. The number of aryl methyl sites for hydroxylation is 2. The number of benzene rings is 2. The maximum atomic E-state index is 14.6. The first-order valence-electron chi connectivity index (χ1n) is 17.5. The van der Waals surface area contributed by atoms with Crippen molar-refractivity contribution in [1.29, 1.82) is 0 Å². The number of carbonyl (C=O) groups is 2. The number of hydrogen-bond acceptors (Lipinski definition) is 8. The molecule has 2 N–H and O–H groups in total. The fourth-order valence-electron chi connectivity index (χ4n) is 6.66. The molecule has 282 valence electrons. The zero-order valence-corrected chi connectivity index (χ0v) is 31.3. The van der Waals surface area contributed by atoms with E-state index in [0.717, 1.165) is 47.3 Å². The number of likely N-dealkylation sites (tertiary alicyclic amines) is 1. The SMILES string of the molecule is COCCCc1cc(CN(C(=O)[C@H]2CN(C(=O)O)CC[C@@]2(O)c2ccn(CCOc3c(Cl)cc(C)cc3Cl)c(=O)c2)C2CC2)cc(OCCOC)c1. The largest absolute Gasteiger partial charge is 0.491 e. The summed E-state index contributed by atoms with van der Waals surface area (Å²) in [5, 5.41) is 23.0. The molecule has 2 fully saturated rings. The van der Waals surface area contributed by atoms with Crippen LogP contribution in [0.3, 0.4) is 0 Å². The van der Waals surface area contributed by atoms with Crippen LogP contribution in [0.5, 0.6) is 11.5 Å². The maximum Gasteiger partial charge on any atom is 0.407 e. The minimum Gasteiger partial charge on any atom is -0.491 e. The number of hydrogen-bond donors (Lipinski definition) is 2. The zero-order chi connectivity index (χ0) is 37.4. The lowest BCUT2D eigenvalue weighted by Crippen LogP contribution is -2.57. The van der Waals surface area contributed by atoms with Gasteiger partial charge in [0.15, 0.2) is 5.75 Å². The zero-order valence-electron chi connectivity index (χ0n) is 29.8. The summed E-state index contributed by atoms with van der Waals surface area (Å²) in [7, 11) is 3.27. The van der Waals surface area contributed by atoms with Crippen molar-refractivity contribution in [2.45, 2.75) is 63.8 Å². The molecule has 12 nitrogen and oxygen atoms in total. The summed E-state index contributed by atoms with van der Waals surface area (Å²) in [5.41, 5.74) is 0.839. The molecule has 1 saturated heterocycles. The van der Waals surface area contributed by atoms with Crippen LogP contribution < -0.4 is 15.0 Å². The summed E-state index contributed by atoms with van der Waals surface area (Å²) in [5.74, 6) is -0.531. The highest BCUT2D eigenvalue weighted by atomic mass is 35.5. The van der Waals surface area contributed by atoms with Crippen molar-refractivity contribution in [1.82, 2.24) is 14.4 Å². The van der Waals surface area contributed by atoms with Gasteiger partial charge in [0.1, 0.15) is 24.6 Å². The second kappa shape index (κ2) is 17.8. The fraction of sp³-hybridized carbons (Fsp3) is 0.500. The van der Waals surface area contributed by atoms with Crippen LogP contribution >= 0.6 is 23.2 Å². The molecule has 3 aromatic rings. The van der Waals surface area contributed by atoms with Crippen LogP contribution in [0.2, 0.25) is 10.0 Å². The second-order valence-electron chi connectivity index (χ2n) is 13.4. The smallest absolute Gasteiger partial charge is 0.407 e. The lowest BCUT2D eigenvalue weighted by Gasteiger charge is -2.44. The molecule has 2 aromatic carbocycles. The molecule has 0 spiro atoms. The maximum absolute atomic E-state index is 14.6. The Bertz CT molecular complexity index is 1730. The van der Waals surface area contributed by atoms with Gasteiger partial charge in [0.2, 0.25) is 5.91 Å². The van der Waals surface area contributed by atoms with Crippen LogP contribution in [0.25, 0.3) is 0 Å². The predicted octanol–water partition coefficient (Wildman–Crippen LogP) is 5.53. The summed E-state index contributed by atoms with van der Waals surface area (Å²) in [6, 6.07) is 12.3. The molecule has 2 heterocycles. The molecule has 52 heavy (non-hydrogen) atoms. The lowest BCUT2D eigenvalue weighted by molar-refractivity contribution is -0.154. The highest BCUT2D eigenvalue weighted by molar-refractivity contribution is 6.37. The average Bonchev–Trinajstić information content (AvgIpc) is 3.94.